The van der Waals surface area contributed by atoms with Gasteiger partial charge in [-0.2, -0.15) is 0 Å². The Morgan fingerprint density at radius 3 is 2.36 bits per heavy atom. The molecule has 0 saturated heterocycles. The summed E-state index contributed by atoms with van der Waals surface area (Å²) < 4.78 is 0. The lowest BCUT2D eigenvalue weighted by Crippen LogP contribution is -2.46. The molecule has 0 bridgehead atoms. The van der Waals surface area contributed by atoms with Gasteiger partial charge in [0.05, 0.1) is 12.1 Å². The van der Waals surface area contributed by atoms with Gasteiger partial charge in [0.25, 0.3) is 11.8 Å². The number of aromatic nitrogens is 1. The third-order valence-corrected chi connectivity index (χ3v) is 8.15. The van der Waals surface area contributed by atoms with E-state index in [4.69, 9.17) is 0 Å². The van der Waals surface area contributed by atoms with Gasteiger partial charge in [-0.05, 0) is 72.8 Å². The Bertz CT molecular complexity index is 1730. The summed E-state index contributed by atoms with van der Waals surface area (Å²) in [6.45, 7) is 5.80. The van der Waals surface area contributed by atoms with Gasteiger partial charge in [-0.3, -0.25) is 14.6 Å². The van der Waals surface area contributed by atoms with E-state index in [-0.39, 0.29) is 18.2 Å². The number of amides is 2. The van der Waals surface area contributed by atoms with Crippen LogP contribution in [-0.2, 0) is 6.42 Å². The summed E-state index contributed by atoms with van der Waals surface area (Å²) in [6.07, 6.45) is 2.66. The lowest BCUT2D eigenvalue weighted by Gasteiger charge is -2.26. The van der Waals surface area contributed by atoms with Gasteiger partial charge in [-0.15, -0.1) is 11.8 Å². The van der Waals surface area contributed by atoms with Crippen molar-refractivity contribution in [1.82, 2.24) is 15.6 Å². The number of thioether (sulfide) groups is 1. The van der Waals surface area contributed by atoms with E-state index in [1.165, 1.54) is 0 Å². The van der Waals surface area contributed by atoms with E-state index in [0.717, 1.165) is 32.0 Å². The molecule has 5 aromatic rings. The SMILES string of the molecule is CC(C)(C)NC(=O)c1ccccc1C[C@@H](O)[C@H](CSc1ccc2ccccc2c1)NC(=O)c1cccc2cnccc12. The van der Waals surface area contributed by atoms with Gasteiger partial charge in [0.2, 0.25) is 0 Å². The number of hydrogen-bond donors (Lipinski definition) is 3. The normalized spacial score (nSPS) is 13.0. The lowest BCUT2D eigenvalue weighted by molar-refractivity contribution is 0.0851. The zero-order chi connectivity index (χ0) is 29.7. The highest BCUT2D eigenvalue weighted by Gasteiger charge is 2.26. The molecule has 0 aliphatic carbocycles. The number of aliphatic hydroxyl groups excluding tert-OH is 1. The zero-order valence-electron chi connectivity index (χ0n) is 24.0. The first-order valence-electron chi connectivity index (χ1n) is 14.0. The molecule has 0 radical (unpaired) electrons. The molecule has 6 nitrogen and oxygen atoms in total. The minimum Gasteiger partial charge on any atom is -0.391 e. The molecule has 0 spiro atoms. The third kappa shape index (κ3) is 7.16. The van der Waals surface area contributed by atoms with Crippen LogP contribution in [0, 0.1) is 0 Å². The summed E-state index contributed by atoms with van der Waals surface area (Å²) in [5.41, 5.74) is 1.36. The Morgan fingerprint density at radius 1 is 0.833 bits per heavy atom. The van der Waals surface area contributed by atoms with Gasteiger partial charge in [0, 0.05) is 51.5 Å². The first kappa shape index (κ1) is 29.3. The van der Waals surface area contributed by atoms with Crippen molar-refractivity contribution in [1.29, 1.82) is 0 Å². The Hall–Kier alpha value is -4.20. The Kier molecular flexibility index (Phi) is 8.90. The van der Waals surface area contributed by atoms with Crippen molar-refractivity contribution in [3.63, 3.8) is 0 Å². The van der Waals surface area contributed by atoms with Crippen molar-refractivity contribution in [2.24, 2.45) is 0 Å². The number of rotatable bonds is 9. The standard InChI is InChI=1S/C35H35N3O3S/c1-35(2,3)38-34(41)29-13-7-6-11-25(29)20-32(39)31(22-42-27-16-15-23-9-4-5-10-24(23)19-27)37-33(40)30-14-8-12-26-21-36-18-17-28(26)30/h4-19,21,31-32,39H,20,22H2,1-3H3,(H,37,40)(H,38,41)/t31-,32+/m0/s1. The second-order valence-corrected chi connectivity index (χ2v) is 12.5. The molecule has 1 heterocycles. The average Bonchev–Trinajstić information content (AvgIpc) is 2.98. The number of benzene rings is 4. The second-order valence-electron chi connectivity index (χ2n) is 11.4. The Morgan fingerprint density at radius 2 is 1.55 bits per heavy atom. The molecule has 5 rings (SSSR count). The van der Waals surface area contributed by atoms with Crippen molar-refractivity contribution >= 4 is 45.1 Å². The first-order chi connectivity index (χ1) is 20.2. The van der Waals surface area contributed by atoms with Crippen LogP contribution in [0.1, 0.15) is 47.1 Å². The van der Waals surface area contributed by atoms with Crippen LogP contribution in [-0.4, -0.2) is 45.3 Å². The summed E-state index contributed by atoms with van der Waals surface area (Å²) in [4.78, 5) is 31.9. The highest BCUT2D eigenvalue weighted by Crippen LogP contribution is 2.26. The minimum absolute atomic E-state index is 0.194. The molecular formula is C35H35N3O3S. The Balaban J connectivity index is 1.41. The maximum absolute atomic E-state index is 13.6. The number of pyridine rings is 1. The van der Waals surface area contributed by atoms with E-state index in [9.17, 15) is 14.7 Å². The van der Waals surface area contributed by atoms with Gasteiger partial charge in [-0.25, -0.2) is 0 Å². The molecule has 2 amide bonds. The van der Waals surface area contributed by atoms with E-state index in [1.807, 2.05) is 69.3 Å². The number of fused-ring (bicyclic) bond motifs is 2. The van der Waals surface area contributed by atoms with Gasteiger partial charge in [0.1, 0.15) is 0 Å². The van der Waals surface area contributed by atoms with Crippen LogP contribution >= 0.6 is 11.8 Å². The maximum atomic E-state index is 13.6. The van der Waals surface area contributed by atoms with Crippen LogP contribution in [0.4, 0.5) is 0 Å². The number of nitrogens with zero attached hydrogens (tertiary/aromatic N) is 1. The highest BCUT2D eigenvalue weighted by molar-refractivity contribution is 7.99. The van der Waals surface area contributed by atoms with E-state index >= 15 is 0 Å². The van der Waals surface area contributed by atoms with Crippen molar-refractivity contribution < 1.29 is 14.7 Å². The summed E-state index contributed by atoms with van der Waals surface area (Å²) in [5, 5.41) is 21.7. The van der Waals surface area contributed by atoms with Gasteiger partial charge < -0.3 is 15.7 Å². The molecule has 214 valence electrons. The largest absolute Gasteiger partial charge is 0.391 e. The maximum Gasteiger partial charge on any atom is 0.252 e. The van der Waals surface area contributed by atoms with Crippen LogP contribution in [0.25, 0.3) is 21.5 Å². The molecule has 42 heavy (non-hydrogen) atoms. The van der Waals surface area contributed by atoms with Gasteiger partial charge in [-0.1, -0.05) is 60.7 Å². The predicted octanol–water partition coefficient (Wildman–Crippen LogP) is 6.41. The molecule has 0 saturated carbocycles. The smallest absolute Gasteiger partial charge is 0.252 e. The number of carbonyl (C=O) groups excluding carboxylic acids is 2. The topological polar surface area (TPSA) is 91.3 Å². The van der Waals surface area contributed by atoms with E-state index in [0.29, 0.717) is 16.9 Å². The van der Waals surface area contributed by atoms with Crippen LogP contribution < -0.4 is 10.6 Å². The number of aliphatic hydroxyl groups is 1. The van der Waals surface area contributed by atoms with Crippen LogP contribution in [0.2, 0.25) is 0 Å². The number of carbonyl (C=O) groups is 2. The number of hydrogen-bond acceptors (Lipinski definition) is 5. The molecule has 0 aliphatic rings. The fourth-order valence-electron chi connectivity index (χ4n) is 4.95. The molecule has 2 atom stereocenters. The summed E-state index contributed by atoms with van der Waals surface area (Å²) in [6, 6.07) is 28.5. The lowest BCUT2D eigenvalue weighted by atomic mass is 9.96. The van der Waals surface area contributed by atoms with Crippen molar-refractivity contribution in [3.05, 3.63) is 120 Å². The molecule has 1 aromatic heterocycles. The summed E-state index contributed by atoms with van der Waals surface area (Å²) >= 11 is 1.58. The van der Waals surface area contributed by atoms with E-state index in [2.05, 4.69) is 45.9 Å². The van der Waals surface area contributed by atoms with E-state index in [1.54, 1.807) is 36.3 Å². The molecule has 7 heteroatoms. The zero-order valence-corrected chi connectivity index (χ0v) is 24.8. The van der Waals surface area contributed by atoms with Crippen molar-refractivity contribution in [2.75, 3.05) is 5.75 Å². The molecule has 4 aromatic carbocycles. The van der Waals surface area contributed by atoms with Crippen LogP contribution in [0.5, 0.6) is 0 Å². The van der Waals surface area contributed by atoms with Crippen LogP contribution in [0.3, 0.4) is 0 Å². The molecule has 3 N–H and O–H groups in total. The quantitative estimate of drug-likeness (QED) is 0.176. The summed E-state index contributed by atoms with van der Waals surface area (Å²) in [7, 11) is 0. The van der Waals surface area contributed by atoms with Gasteiger partial charge in [0.15, 0.2) is 0 Å². The number of nitrogens with one attached hydrogen (secondary N) is 2. The third-order valence-electron chi connectivity index (χ3n) is 7.04. The van der Waals surface area contributed by atoms with Crippen LogP contribution in [0.15, 0.2) is 108 Å². The molecule has 0 aliphatic heterocycles. The molecule has 0 fully saturated rings. The molecular weight excluding hydrogens is 542 g/mol. The fraction of sp³-hybridized carbons (Fsp3) is 0.229. The monoisotopic (exact) mass is 577 g/mol. The first-order valence-corrected chi connectivity index (χ1v) is 15.0. The minimum atomic E-state index is -0.942. The summed E-state index contributed by atoms with van der Waals surface area (Å²) in [5.74, 6) is -0.0250. The fourth-order valence-corrected chi connectivity index (χ4v) is 6.01. The van der Waals surface area contributed by atoms with E-state index < -0.39 is 17.7 Å². The predicted molar refractivity (Wildman–Crippen MR) is 171 cm³/mol. The average molecular weight is 578 g/mol. The molecule has 0 unspecified atom stereocenters. The van der Waals surface area contributed by atoms with Gasteiger partial charge >= 0.3 is 0 Å². The highest BCUT2D eigenvalue weighted by atomic mass is 32.2. The second kappa shape index (κ2) is 12.8. The van der Waals surface area contributed by atoms with Crippen molar-refractivity contribution in [3.8, 4) is 0 Å². The van der Waals surface area contributed by atoms with Crippen molar-refractivity contribution in [2.45, 2.75) is 49.8 Å². The Labute approximate surface area is 250 Å².